The summed E-state index contributed by atoms with van der Waals surface area (Å²) in [7, 11) is 0. The summed E-state index contributed by atoms with van der Waals surface area (Å²) >= 11 is 5.00. The first-order chi connectivity index (χ1) is 3.15. The molecule has 0 aliphatic carbocycles. The SMILES string of the molecule is C=C(F)F.CCCl. The van der Waals surface area contributed by atoms with Gasteiger partial charge in [-0.2, -0.15) is 8.78 Å². The maximum Gasteiger partial charge on any atom is 0.263 e. The Bertz CT molecular complexity index is 41.0. The molecule has 0 aromatic heterocycles. The maximum absolute atomic E-state index is 10.1. The van der Waals surface area contributed by atoms with E-state index in [4.69, 9.17) is 11.6 Å². The summed E-state index contributed by atoms with van der Waals surface area (Å²) in [6.07, 6.45) is -1.83. The van der Waals surface area contributed by atoms with Gasteiger partial charge in [0.25, 0.3) is 6.08 Å². The predicted octanol–water partition coefficient (Wildman–Crippen LogP) is 2.64. The number of hydrogen-bond acceptors (Lipinski definition) is 0. The molecule has 0 bridgehead atoms. The Morgan fingerprint density at radius 3 is 1.71 bits per heavy atom. The number of rotatable bonds is 0. The van der Waals surface area contributed by atoms with E-state index in [9.17, 15) is 8.78 Å². The van der Waals surface area contributed by atoms with Crippen molar-refractivity contribution in [2.75, 3.05) is 5.88 Å². The minimum absolute atomic E-state index is 0.722. The van der Waals surface area contributed by atoms with E-state index in [1.807, 2.05) is 6.92 Å². The van der Waals surface area contributed by atoms with Crippen molar-refractivity contribution in [1.82, 2.24) is 0 Å². The zero-order valence-corrected chi connectivity index (χ0v) is 4.80. The zero-order chi connectivity index (χ0) is 6.28. The minimum Gasteiger partial charge on any atom is -0.174 e. The van der Waals surface area contributed by atoms with Crippen molar-refractivity contribution < 1.29 is 8.78 Å². The van der Waals surface area contributed by atoms with Gasteiger partial charge >= 0.3 is 0 Å². The third-order valence-electron chi connectivity index (χ3n) is 0. The lowest BCUT2D eigenvalue weighted by atomic mass is 11.0. The third kappa shape index (κ3) is 7370. The van der Waals surface area contributed by atoms with Gasteiger partial charge in [-0.25, -0.2) is 0 Å². The van der Waals surface area contributed by atoms with Crippen LogP contribution in [0.25, 0.3) is 0 Å². The van der Waals surface area contributed by atoms with E-state index in [2.05, 4.69) is 6.58 Å². The minimum atomic E-state index is -1.83. The van der Waals surface area contributed by atoms with Crippen molar-refractivity contribution in [2.45, 2.75) is 6.92 Å². The third-order valence-corrected chi connectivity index (χ3v) is 0. The van der Waals surface area contributed by atoms with Gasteiger partial charge in [-0.15, -0.1) is 11.6 Å². The molecule has 0 rings (SSSR count). The van der Waals surface area contributed by atoms with Crippen LogP contribution in [-0.4, -0.2) is 5.88 Å². The fourth-order valence-corrected chi connectivity index (χ4v) is 0. The van der Waals surface area contributed by atoms with E-state index >= 15 is 0 Å². The lowest BCUT2D eigenvalue weighted by Crippen LogP contribution is -1.36. The van der Waals surface area contributed by atoms with Crippen LogP contribution in [0.3, 0.4) is 0 Å². The van der Waals surface area contributed by atoms with Gasteiger partial charge in [0, 0.05) is 5.88 Å². The van der Waals surface area contributed by atoms with Crippen molar-refractivity contribution in [1.29, 1.82) is 0 Å². The van der Waals surface area contributed by atoms with Gasteiger partial charge < -0.3 is 0 Å². The lowest BCUT2D eigenvalue weighted by molar-refractivity contribution is 0.426. The molecule has 3 heteroatoms. The molecule has 0 nitrogen and oxygen atoms in total. The topological polar surface area (TPSA) is 0 Å². The normalized spacial score (nSPS) is 6.29. The largest absolute Gasteiger partial charge is 0.263 e. The van der Waals surface area contributed by atoms with E-state index in [0.717, 1.165) is 5.88 Å². The van der Waals surface area contributed by atoms with Crippen molar-refractivity contribution >= 4 is 11.6 Å². The van der Waals surface area contributed by atoms with Crippen LogP contribution in [0.4, 0.5) is 8.78 Å². The zero-order valence-electron chi connectivity index (χ0n) is 4.05. The molecule has 0 heterocycles. The highest BCUT2D eigenvalue weighted by molar-refractivity contribution is 6.17. The van der Waals surface area contributed by atoms with Crippen molar-refractivity contribution in [2.24, 2.45) is 0 Å². The molecule has 7 heavy (non-hydrogen) atoms. The molecular formula is C4H7ClF2. The molecule has 0 aliphatic heterocycles. The Balaban J connectivity index is 0. The Morgan fingerprint density at radius 1 is 1.71 bits per heavy atom. The quantitative estimate of drug-likeness (QED) is 0.440. The molecule has 0 aromatic carbocycles. The second-order valence-electron chi connectivity index (χ2n) is 0.606. The molecule has 0 radical (unpaired) electrons. The fraction of sp³-hybridized carbons (Fsp3) is 0.500. The van der Waals surface area contributed by atoms with Crippen LogP contribution >= 0.6 is 11.6 Å². The molecule has 0 spiro atoms. The molecule has 0 saturated carbocycles. The molecule has 0 amide bonds. The van der Waals surface area contributed by atoms with Crippen molar-refractivity contribution in [3.05, 3.63) is 12.7 Å². The maximum atomic E-state index is 10.1. The van der Waals surface area contributed by atoms with Crippen LogP contribution in [0.15, 0.2) is 12.7 Å². The number of halogens is 3. The second kappa shape index (κ2) is 9.31. The summed E-state index contributed by atoms with van der Waals surface area (Å²) in [5.41, 5.74) is 0. The molecule has 0 fully saturated rings. The highest BCUT2D eigenvalue weighted by Gasteiger charge is 1.65. The van der Waals surface area contributed by atoms with E-state index in [1.54, 1.807) is 0 Å². The summed E-state index contributed by atoms with van der Waals surface area (Å²) in [5, 5.41) is 0. The summed E-state index contributed by atoms with van der Waals surface area (Å²) in [5.74, 6) is 0.722. The number of hydrogen-bond donors (Lipinski definition) is 0. The van der Waals surface area contributed by atoms with Gasteiger partial charge in [0.1, 0.15) is 0 Å². The van der Waals surface area contributed by atoms with E-state index in [-0.39, 0.29) is 0 Å². The molecule has 0 aliphatic rings. The standard InChI is InChI=1S/C2H5Cl.C2H2F2/c1-2-3;1-2(3)4/h2H2,1H3;1H2. The lowest BCUT2D eigenvalue weighted by Gasteiger charge is -1.54. The summed E-state index contributed by atoms with van der Waals surface area (Å²) < 4.78 is 20.3. The van der Waals surface area contributed by atoms with E-state index in [1.165, 1.54) is 0 Å². The molecule has 0 saturated heterocycles. The fourth-order valence-electron chi connectivity index (χ4n) is 0. The van der Waals surface area contributed by atoms with Crippen LogP contribution in [0.1, 0.15) is 6.92 Å². The van der Waals surface area contributed by atoms with Gasteiger partial charge in [0.2, 0.25) is 0 Å². The van der Waals surface area contributed by atoms with Gasteiger partial charge in [0.15, 0.2) is 0 Å². The Labute approximate surface area is 46.8 Å². The summed E-state index contributed by atoms with van der Waals surface area (Å²) in [6, 6.07) is 0. The molecule has 0 atom stereocenters. The summed E-state index contributed by atoms with van der Waals surface area (Å²) in [4.78, 5) is 0. The average molecular weight is 129 g/mol. The van der Waals surface area contributed by atoms with Crippen molar-refractivity contribution in [3.8, 4) is 0 Å². The summed E-state index contributed by atoms with van der Waals surface area (Å²) in [6.45, 7) is 4.11. The Hall–Kier alpha value is -0.110. The first kappa shape index (κ1) is 10.00. The van der Waals surface area contributed by atoms with Gasteiger partial charge in [0.05, 0.1) is 0 Å². The monoisotopic (exact) mass is 128 g/mol. The Kier molecular flexibility index (Phi) is 13.3. The molecule has 44 valence electrons. The number of alkyl halides is 1. The Morgan fingerprint density at radius 2 is 1.71 bits per heavy atom. The van der Waals surface area contributed by atoms with Crippen LogP contribution < -0.4 is 0 Å². The predicted molar refractivity (Wildman–Crippen MR) is 27.7 cm³/mol. The molecule has 0 aromatic rings. The van der Waals surface area contributed by atoms with E-state index in [0.29, 0.717) is 0 Å². The van der Waals surface area contributed by atoms with Crippen LogP contribution in [-0.2, 0) is 0 Å². The van der Waals surface area contributed by atoms with Gasteiger partial charge in [-0.05, 0) is 6.58 Å². The second-order valence-corrected chi connectivity index (χ2v) is 1.14. The molecular weight excluding hydrogens is 121 g/mol. The van der Waals surface area contributed by atoms with Crippen LogP contribution in [0.5, 0.6) is 0 Å². The smallest absolute Gasteiger partial charge is 0.174 e. The highest BCUT2D eigenvalue weighted by Crippen LogP contribution is 1.85. The van der Waals surface area contributed by atoms with Gasteiger partial charge in [-0.3, -0.25) is 0 Å². The molecule has 0 N–H and O–H groups in total. The van der Waals surface area contributed by atoms with Crippen LogP contribution in [0.2, 0.25) is 0 Å². The van der Waals surface area contributed by atoms with E-state index < -0.39 is 6.08 Å². The van der Waals surface area contributed by atoms with Crippen molar-refractivity contribution in [3.63, 3.8) is 0 Å². The van der Waals surface area contributed by atoms with Crippen LogP contribution in [0, 0.1) is 0 Å². The molecule has 0 unspecified atom stereocenters. The highest BCUT2D eigenvalue weighted by atomic mass is 35.5. The van der Waals surface area contributed by atoms with Gasteiger partial charge in [-0.1, -0.05) is 6.92 Å². The first-order valence-electron chi connectivity index (χ1n) is 1.71. The first-order valence-corrected chi connectivity index (χ1v) is 2.24. The average Bonchev–Trinajstić information content (AvgIpc) is 1.33.